The quantitative estimate of drug-likeness (QED) is 0.377. The highest BCUT2D eigenvalue weighted by Crippen LogP contribution is 2.17. The number of hydrazine groups is 1. The number of carbonyl (C=O) groups excluding carboxylic acids is 1. The molecule has 0 heterocycles. The van der Waals surface area contributed by atoms with E-state index in [1.807, 2.05) is 0 Å². The van der Waals surface area contributed by atoms with Crippen molar-refractivity contribution in [3.63, 3.8) is 0 Å². The van der Waals surface area contributed by atoms with E-state index in [2.05, 4.69) is 13.8 Å². The van der Waals surface area contributed by atoms with Gasteiger partial charge in [-0.25, -0.2) is 10.6 Å². The van der Waals surface area contributed by atoms with Gasteiger partial charge in [0, 0.05) is 6.42 Å². The fourth-order valence-electron chi connectivity index (χ4n) is 1.88. The van der Waals surface area contributed by atoms with Crippen molar-refractivity contribution >= 4 is 11.9 Å². The van der Waals surface area contributed by atoms with E-state index < -0.39 is 12.0 Å². The van der Waals surface area contributed by atoms with Crippen LogP contribution in [0.4, 0.5) is 0 Å². The summed E-state index contributed by atoms with van der Waals surface area (Å²) in [6.45, 7) is 5.91. The Morgan fingerprint density at radius 2 is 1.83 bits per heavy atom. The summed E-state index contributed by atoms with van der Waals surface area (Å²) in [5.74, 6) is 4.68. The van der Waals surface area contributed by atoms with E-state index in [1.54, 1.807) is 6.92 Å². The minimum absolute atomic E-state index is 0.228. The molecule has 0 aromatic heterocycles. The lowest BCUT2D eigenvalue weighted by molar-refractivity contribution is -0.150. The molecule has 3 N–H and O–H groups in total. The van der Waals surface area contributed by atoms with Gasteiger partial charge in [0.1, 0.15) is 6.04 Å². The molecule has 2 atom stereocenters. The first kappa shape index (κ1) is 16.9. The molecular formula is C13H26N2O3. The number of nitrogens with zero attached hydrogens (tertiary/aromatic N) is 1. The average molecular weight is 258 g/mol. The van der Waals surface area contributed by atoms with Gasteiger partial charge in [-0.15, -0.1) is 0 Å². The van der Waals surface area contributed by atoms with Crippen LogP contribution >= 0.6 is 0 Å². The number of hydrogen-bond donors (Lipinski definition) is 2. The van der Waals surface area contributed by atoms with E-state index in [1.165, 1.54) is 0 Å². The molecule has 0 saturated carbocycles. The predicted molar refractivity (Wildman–Crippen MR) is 70.7 cm³/mol. The molecule has 5 nitrogen and oxygen atoms in total. The number of carboxylic acids is 1. The molecule has 0 aromatic rings. The SMILES string of the molecule is CCCCC(C)CCC(C(=O)O)N(N)C(=O)CC. The molecule has 0 spiro atoms. The molecule has 0 rings (SSSR count). The number of carbonyl (C=O) groups is 2. The lowest BCUT2D eigenvalue weighted by Gasteiger charge is -2.24. The maximum atomic E-state index is 11.4. The number of amides is 1. The second kappa shape index (κ2) is 8.91. The van der Waals surface area contributed by atoms with Gasteiger partial charge in [-0.1, -0.05) is 40.0 Å². The van der Waals surface area contributed by atoms with Gasteiger partial charge in [0.15, 0.2) is 0 Å². The van der Waals surface area contributed by atoms with E-state index in [0.29, 0.717) is 12.3 Å². The lowest BCUT2D eigenvalue weighted by atomic mass is 9.96. The Morgan fingerprint density at radius 1 is 1.22 bits per heavy atom. The number of carboxylic acid groups (broad SMARTS) is 1. The Hall–Kier alpha value is -1.10. The number of aliphatic carboxylic acids is 1. The Bertz CT molecular complexity index is 269. The van der Waals surface area contributed by atoms with Crippen molar-refractivity contribution in [1.82, 2.24) is 5.01 Å². The van der Waals surface area contributed by atoms with E-state index >= 15 is 0 Å². The van der Waals surface area contributed by atoms with E-state index in [-0.39, 0.29) is 12.3 Å². The number of hydrogen-bond acceptors (Lipinski definition) is 3. The van der Waals surface area contributed by atoms with Crippen molar-refractivity contribution in [2.24, 2.45) is 11.8 Å². The summed E-state index contributed by atoms with van der Waals surface area (Å²) in [5.41, 5.74) is 0. The second-order valence-corrected chi connectivity index (χ2v) is 4.83. The van der Waals surface area contributed by atoms with Crippen LogP contribution in [0.15, 0.2) is 0 Å². The van der Waals surface area contributed by atoms with Gasteiger partial charge in [-0.3, -0.25) is 9.80 Å². The van der Waals surface area contributed by atoms with Crippen LogP contribution in [-0.2, 0) is 9.59 Å². The summed E-state index contributed by atoms with van der Waals surface area (Å²) in [6, 6.07) is -0.901. The molecule has 2 unspecified atom stereocenters. The van der Waals surface area contributed by atoms with Gasteiger partial charge >= 0.3 is 5.97 Å². The maximum Gasteiger partial charge on any atom is 0.328 e. The smallest absolute Gasteiger partial charge is 0.328 e. The van der Waals surface area contributed by atoms with Crippen molar-refractivity contribution in [2.45, 2.75) is 65.3 Å². The molecule has 106 valence electrons. The van der Waals surface area contributed by atoms with Crippen molar-refractivity contribution in [1.29, 1.82) is 0 Å². The third-order valence-electron chi connectivity index (χ3n) is 3.19. The lowest BCUT2D eigenvalue weighted by Crippen LogP contribution is -2.49. The zero-order chi connectivity index (χ0) is 14.1. The molecule has 18 heavy (non-hydrogen) atoms. The molecule has 0 saturated heterocycles. The monoisotopic (exact) mass is 258 g/mol. The van der Waals surface area contributed by atoms with Gasteiger partial charge < -0.3 is 5.11 Å². The third-order valence-corrected chi connectivity index (χ3v) is 3.19. The van der Waals surface area contributed by atoms with E-state index in [0.717, 1.165) is 30.7 Å². The molecule has 0 radical (unpaired) electrons. The minimum Gasteiger partial charge on any atom is -0.480 e. The van der Waals surface area contributed by atoms with Gasteiger partial charge in [0.2, 0.25) is 5.91 Å². The fraction of sp³-hybridized carbons (Fsp3) is 0.846. The second-order valence-electron chi connectivity index (χ2n) is 4.83. The summed E-state index contributed by atoms with van der Waals surface area (Å²) in [7, 11) is 0. The highest BCUT2D eigenvalue weighted by atomic mass is 16.4. The van der Waals surface area contributed by atoms with Crippen molar-refractivity contribution in [2.75, 3.05) is 0 Å². The van der Waals surface area contributed by atoms with Gasteiger partial charge in [-0.2, -0.15) is 0 Å². The standard InChI is InChI=1S/C13H26N2O3/c1-4-6-7-10(3)8-9-11(13(17)18)15(14)12(16)5-2/h10-11H,4-9,14H2,1-3H3,(H,17,18). The normalized spacial score (nSPS) is 14.0. The summed E-state index contributed by atoms with van der Waals surface area (Å²) in [5, 5.41) is 9.97. The summed E-state index contributed by atoms with van der Waals surface area (Å²) in [4.78, 5) is 22.5. The Morgan fingerprint density at radius 3 is 2.28 bits per heavy atom. The van der Waals surface area contributed by atoms with Crippen LogP contribution in [0, 0.1) is 5.92 Å². The summed E-state index contributed by atoms with van der Waals surface area (Å²) < 4.78 is 0. The van der Waals surface area contributed by atoms with Crippen molar-refractivity contribution in [3.8, 4) is 0 Å². The highest BCUT2D eigenvalue weighted by Gasteiger charge is 2.26. The number of rotatable bonds is 9. The van der Waals surface area contributed by atoms with Gasteiger partial charge in [0.05, 0.1) is 0 Å². The molecule has 0 bridgehead atoms. The molecule has 0 fully saturated rings. The third kappa shape index (κ3) is 6.00. The molecule has 0 aromatic carbocycles. The summed E-state index contributed by atoms with van der Waals surface area (Å²) in [6.07, 6.45) is 4.81. The molecule has 0 aliphatic rings. The zero-order valence-corrected chi connectivity index (χ0v) is 11.7. The molecule has 1 amide bonds. The maximum absolute atomic E-state index is 11.4. The minimum atomic E-state index is -1.03. The highest BCUT2D eigenvalue weighted by molar-refractivity contribution is 5.82. The Balaban J connectivity index is 4.28. The predicted octanol–water partition coefficient (Wildman–Crippen LogP) is 2.16. The van der Waals surface area contributed by atoms with Crippen LogP contribution < -0.4 is 5.84 Å². The van der Waals surface area contributed by atoms with Gasteiger partial charge in [-0.05, 0) is 18.8 Å². The van der Waals surface area contributed by atoms with Crippen LogP contribution in [-0.4, -0.2) is 28.0 Å². The van der Waals surface area contributed by atoms with Crippen LogP contribution in [0.5, 0.6) is 0 Å². The first-order chi connectivity index (χ1) is 8.43. The van der Waals surface area contributed by atoms with Crippen LogP contribution in [0.25, 0.3) is 0 Å². The van der Waals surface area contributed by atoms with E-state index in [9.17, 15) is 9.59 Å². The first-order valence-electron chi connectivity index (χ1n) is 6.73. The van der Waals surface area contributed by atoms with Crippen LogP contribution in [0.1, 0.15) is 59.3 Å². The summed E-state index contributed by atoms with van der Waals surface area (Å²) >= 11 is 0. The molecular weight excluding hydrogens is 232 g/mol. The largest absolute Gasteiger partial charge is 0.480 e. The topological polar surface area (TPSA) is 83.6 Å². The number of nitrogens with two attached hydrogens (primary N) is 1. The number of unbranched alkanes of at least 4 members (excludes halogenated alkanes) is 1. The Kier molecular flexibility index (Phi) is 8.37. The van der Waals surface area contributed by atoms with Crippen LogP contribution in [0.3, 0.4) is 0 Å². The average Bonchev–Trinajstić information content (AvgIpc) is 2.34. The van der Waals surface area contributed by atoms with E-state index in [4.69, 9.17) is 10.9 Å². The molecule has 5 heteroatoms. The zero-order valence-electron chi connectivity index (χ0n) is 11.7. The van der Waals surface area contributed by atoms with Gasteiger partial charge in [0.25, 0.3) is 0 Å². The molecule has 0 aliphatic heterocycles. The first-order valence-corrected chi connectivity index (χ1v) is 6.73. The van der Waals surface area contributed by atoms with Crippen molar-refractivity contribution in [3.05, 3.63) is 0 Å². The van der Waals surface area contributed by atoms with Crippen LogP contribution in [0.2, 0.25) is 0 Å². The van der Waals surface area contributed by atoms with Crippen molar-refractivity contribution < 1.29 is 14.7 Å². The Labute approximate surface area is 109 Å². The fourth-order valence-corrected chi connectivity index (χ4v) is 1.88. The molecule has 0 aliphatic carbocycles.